The van der Waals surface area contributed by atoms with E-state index in [1.165, 1.54) is 6.07 Å². The molecule has 1 aliphatic rings. The van der Waals surface area contributed by atoms with Crippen LogP contribution in [0.3, 0.4) is 0 Å². The molecule has 0 unspecified atom stereocenters. The molecule has 0 saturated heterocycles. The summed E-state index contributed by atoms with van der Waals surface area (Å²) >= 11 is 0. The van der Waals surface area contributed by atoms with E-state index in [1.54, 1.807) is 6.07 Å². The van der Waals surface area contributed by atoms with E-state index in [4.69, 9.17) is 14.3 Å². The second kappa shape index (κ2) is 5.99. The van der Waals surface area contributed by atoms with Gasteiger partial charge in [-0.1, -0.05) is 26.0 Å². The molecule has 1 aromatic heterocycles. The Morgan fingerprint density at radius 2 is 1.96 bits per heavy atom. The van der Waals surface area contributed by atoms with Crippen molar-refractivity contribution < 1.29 is 19.1 Å². The van der Waals surface area contributed by atoms with Crippen LogP contribution in [-0.4, -0.2) is 23.2 Å². The Bertz CT molecular complexity index is 703. The zero-order valence-electron chi connectivity index (χ0n) is 13.4. The fraction of sp³-hybridized carbons (Fsp3) is 0.389. The number of furan rings is 1. The van der Waals surface area contributed by atoms with Gasteiger partial charge in [0.25, 0.3) is 0 Å². The SMILES string of the molecule is CCC1(CC)CN(Cc2ccc(C(=O)O)o2)c2ccccc2O1. The van der Waals surface area contributed by atoms with E-state index in [9.17, 15) is 4.79 Å². The summed E-state index contributed by atoms with van der Waals surface area (Å²) in [5, 5.41) is 8.99. The van der Waals surface area contributed by atoms with Crippen LogP contribution >= 0.6 is 0 Å². The van der Waals surface area contributed by atoms with Crippen LogP contribution < -0.4 is 9.64 Å². The third-order valence-corrected chi connectivity index (χ3v) is 4.52. The number of benzene rings is 1. The summed E-state index contributed by atoms with van der Waals surface area (Å²) < 4.78 is 11.7. The smallest absolute Gasteiger partial charge is 0.371 e. The van der Waals surface area contributed by atoms with Crippen LogP contribution in [0.15, 0.2) is 40.8 Å². The van der Waals surface area contributed by atoms with Gasteiger partial charge in [-0.15, -0.1) is 0 Å². The summed E-state index contributed by atoms with van der Waals surface area (Å²) in [6, 6.07) is 11.2. The lowest BCUT2D eigenvalue weighted by Gasteiger charge is -2.43. The van der Waals surface area contributed by atoms with E-state index in [0.717, 1.165) is 30.8 Å². The average Bonchev–Trinajstić information content (AvgIpc) is 3.03. The van der Waals surface area contributed by atoms with Crippen molar-refractivity contribution in [1.82, 2.24) is 0 Å². The van der Waals surface area contributed by atoms with Crippen LogP contribution in [0.25, 0.3) is 0 Å². The summed E-state index contributed by atoms with van der Waals surface area (Å²) in [4.78, 5) is 13.2. The van der Waals surface area contributed by atoms with Crippen LogP contribution in [0.2, 0.25) is 0 Å². The zero-order chi connectivity index (χ0) is 16.4. The molecule has 3 rings (SSSR count). The molecule has 0 spiro atoms. The van der Waals surface area contributed by atoms with E-state index in [1.807, 2.05) is 24.3 Å². The minimum absolute atomic E-state index is 0.0289. The molecule has 23 heavy (non-hydrogen) atoms. The molecule has 1 aliphatic heterocycles. The quantitative estimate of drug-likeness (QED) is 0.905. The Balaban J connectivity index is 1.91. The van der Waals surface area contributed by atoms with E-state index in [2.05, 4.69) is 18.7 Å². The van der Waals surface area contributed by atoms with Crippen molar-refractivity contribution in [2.75, 3.05) is 11.4 Å². The number of anilines is 1. The molecule has 0 aliphatic carbocycles. The van der Waals surface area contributed by atoms with Gasteiger partial charge < -0.3 is 19.2 Å². The third kappa shape index (κ3) is 2.91. The van der Waals surface area contributed by atoms with Crippen molar-refractivity contribution in [3.8, 4) is 5.75 Å². The number of para-hydroxylation sites is 2. The Hall–Kier alpha value is -2.43. The van der Waals surface area contributed by atoms with Crippen LogP contribution in [-0.2, 0) is 6.54 Å². The van der Waals surface area contributed by atoms with Crippen molar-refractivity contribution in [2.24, 2.45) is 0 Å². The van der Waals surface area contributed by atoms with Gasteiger partial charge in [-0.2, -0.15) is 0 Å². The van der Waals surface area contributed by atoms with Crippen molar-refractivity contribution in [3.63, 3.8) is 0 Å². The highest BCUT2D eigenvalue weighted by atomic mass is 16.5. The number of ether oxygens (including phenoxy) is 1. The molecular formula is C18H21NO4. The summed E-state index contributed by atoms with van der Waals surface area (Å²) in [6.45, 7) is 5.53. The third-order valence-electron chi connectivity index (χ3n) is 4.52. The molecule has 1 N–H and O–H groups in total. The van der Waals surface area contributed by atoms with E-state index in [-0.39, 0.29) is 11.4 Å². The first-order chi connectivity index (χ1) is 11.1. The van der Waals surface area contributed by atoms with Crippen LogP contribution in [0.4, 0.5) is 5.69 Å². The molecule has 0 fully saturated rings. The number of hydrogen-bond donors (Lipinski definition) is 1. The second-order valence-corrected chi connectivity index (χ2v) is 5.89. The minimum atomic E-state index is -1.05. The van der Waals surface area contributed by atoms with Crippen LogP contribution in [0.5, 0.6) is 5.75 Å². The first kappa shape index (κ1) is 15.5. The Kier molecular flexibility index (Phi) is 4.03. The predicted molar refractivity (Wildman–Crippen MR) is 87.1 cm³/mol. The minimum Gasteiger partial charge on any atom is -0.483 e. The van der Waals surface area contributed by atoms with Gasteiger partial charge in [-0.05, 0) is 37.1 Å². The maximum absolute atomic E-state index is 11.0. The lowest BCUT2D eigenvalue weighted by molar-refractivity contribution is 0.0563. The number of aromatic carboxylic acids is 1. The molecular weight excluding hydrogens is 294 g/mol. The molecule has 2 heterocycles. The summed E-state index contributed by atoms with van der Waals surface area (Å²) in [6.07, 6.45) is 1.82. The number of nitrogens with zero attached hydrogens (tertiary/aromatic N) is 1. The fourth-order valence-electron chi connectivity index (χ4n) is 3.03. The molecule has 0 bridgehead atoms. The molecule has 0 saturated carbocycles. The Morgan fingerprint density at radius 3 is 2.61 bits per heavy atom. The van der Waals surface area contributed by atoms with Crippen molar-refractivity contribution in [3.05, 3.63) is 47.9 Å². The molecule has 0 radical (unpaired) electrons. The van der Waals surface area contributed by atoms with Crippen LogP contribution in [0.1, 0.15) is 43.0 Å². The Labute approximate surface area is 135 Å². The number of carboxylic acid groups (broad SMARTS) is 1. The fourth-order valence-corrected chi connectivity index (χ4v) is 3.03. The van der Waals surface area contributed by atoms with Crippen LogP contribution in [0, 0.1) is 0 Å². The number of rotatable bonds is 5. The van der Waals surface area contributed by atoms with Gasteiger partial charge in [-0.25, -0.2) is 4.79 Å². The molecule has 0 atom stereocenters. The molecule has 5 nitrogen and oxygen atoms in total. The number of carboxylic acids is 1. The highest BCUT2D eigenvalue weighted by molar-refractivity contribution is 5.84. The molecule has 5 heteroatoms. The zero-order valence-corrected chi connectivity index (χ0v) is 13.4. The molecule has 1 aromatic carbocycles. The van der Waals surface area contributed by atoms with Crippen molar-refractivity contribution >= 4 is 11.7 Å². The summed E-state index contributed by atoms with van der Waals surface area (Å²) in [5.41, 5.74) is 0.787. The molecule has 0 amide bonds. The number of hydrogen-bond acceptors (Lipinski definition) is 4. The van der Waals surface area contributed by atoms with Crippen molar-refractivity contribution in [1.29, 1.82) is 0 Å². The van der Waals surface area contributed by atoms with E-state index >= 15 is 0 Å². The number of carbonyl (C=O) groups is 1. The highest BCUT2D eigenvalue weighted by Gasteiger charge is 2.37. The first-order valence-corrected chi connectivity index (χ1v) is 7.92. The topological polar surface area (TPSA) is 62.9 Å². The molecule has 122 valence electrons. The number of fused-ring (bicyclic) bond motifs is 1. The normalized spacial score (nSPS) is 15.8. The lowest BCUT2D eigenvalue weighted by Crippen LogP contribution is -2.50. The van der Waals surface area contributed by atoms with Gasteiger partial charge in [-0.3, -0.25) is 0 Å². The van der Waals surface area contributed by atoms with E-state index < -0.39 is 5.97 Å². The monoisotopic (exact) mass is 315 g/mol. The van der Waals surface area contributed by atoms with Gasteiger partial charge in [0.2, 0.25) is 5.76 Å². The average molecular weight is 315 g/mol. The highest BCUT2D eigenvalue weighted by Crippen LogP contribution is 2.40. The maximum atomic E-state index is 11.0. The first-order valence-electron chi connectivity index (χ1n) is 7.92. The standard InChI is InChI=1S/C18H21NO4/c1-3-18(4-2)12-19(14-7-5-6-8-15(14)23-18)11-13-9-10-16(22-13)17(20)21/h5-10H,3-4,11-12H2,1-2H3,(H,20,21). The summed E-state index contributed by atoms with van der Waals surface area (Å²) in [7, 11) is 0. The van der Waals surface area contributed by atoms with Gasteiger partial charge in [0.1, 0.15) is 17.1 Å². The van der Waals surface area contributed by atoms with Gasteiger partial charge in [0, 0.05) is 0 Å². The second-order valence-electron chi connectivity index (χ2n) is 5.89. The van der Waals surface area contributed by atoms with Crippen molar-refractivity contribution in [2.45, 2.75) is 38.8 Å². The maximum Gasteiger partial charge on any atom is 0.371 e. The molecule has 2 aromatic rings. The predicted octanol–water partition coefficient (Wildman–Crippen LogP) is 3.94. The van der Waals surface area contributed by atoms with E-state index in [0.29, 0.717) is 12.3 Å². The van der Waals surface area contributed by atoms with Gasteiger partial charge >= 0.3 is 5.97 Å². The van der Waals surface area contributed by atoms with Gasteiger partial charge in [0.05, 0.1) is 18.8 Å². The largest absolute Gasteiger partial charge is 0.483 e. The lowest BCUT2D eigenvalue weighted by atomic mass is 9.94. The van der Waals surface area contributed by atoms with Gasteiger partial charge in [0.15, 0.2) is 0 Å². The Morgan fingerprint density at radius 1 is 1.22 bits per heavy atom. The summed E-state index contributed by atoms with van der Waals surface area (Å²) in [5.74, 6) is 0.432.